The summed E-state index contributed by atoms with van der Waals surface area (Å²) in [6, 6.07) is 0. The minimum Gasteiger partial charge on any atom is -0.462 e. The van der Waals surface area contributed by atoms with Crippen molar-refractivity contribution in [2.75, 3.05) is 39.6 Å². The van der Waals surface area contributed by atoms with Crippen molar-refractivity contribution >= 4 is 39.5 Å². The fourth-order valence-corrected chi connectivity index (χ4v) is 13.9. The van der Waals surface area contributed by atoms with E-state index >= 15 is 0 Å². The van der Waals surface area contributed by atoms with Crippen LogP contribution in [0.5, 0.6) is 0 Å². The summed E-state index contributed by atoms with van der Waals surface area (Å²) in [6.07, 6.45) is 71.7. The molecule has 596 valence electrons. The van der Waals surface area contributed by atoms with Crippen LogP contribution in [0.4, 0.5) is 0 Å². The van der Waals surface area contributed by atoms with Crippen molar-refractivity contribution in [3.63, 3.8) is 0 Å². The minimum atomic E-state index is -4.97. The lowest BCUT2D eigenvalue weighted by Gasteiger charge is -2.21. The molecule has 3 N–H and O–H groups in total. The van der Waals surface area contributed by atoms with Gasteiger partial charge in [0.15, 0.2) is 12.2 Å². The standard InChI is InChI=1S/C82H156O17P2/c1-5-9-13-17-21-25-28-31-34-35-36-37-38-39-40-43-46-49-53-57-61-65-69-82(87)99-78(73-93-80(85)67-63-59-55-51-47-44-41-32-29-26-22-18-14-10-6-2)75-97-101(90,91)95-71-76(83)70-94-100(88,89)96-74-77(72-92-79(84)66-62-58-54-50-24-20-16-12-8-4)98-81(86)68-64-60-56-52-48-45-42-33-30-27-23-19-15-11-7-3/h26,29,32,41,76-78,83H,5-25,27-28,30-31,33-40,42-75H2,1-4H3,(H,88,89)(H,90,91)/b29-26-,41-32-/t76-,77+,78+/m0/s1. The normalized spacial score (nSPS) is 13.9. The molecule has 2 unspecified atom stereocenters. The number of esters is 4. The van der Waals surface area contributed by atoms with Crippen LogP contribution in [0.2, 0.25) is 0 Å². The van der Waals surface area contributed by atoms with Crippen molar-refractivity contribution in [1.82, 2.24) is 0 Å². The van der Waals surface area contributed by atoms with Crippen LogP contribution < -0.4 is 0 Å². The number of phosphoric acid groups is 2. The Morgan fingerprint density at radius 3 is 0.723 bits per heavy atom. The largest absolute Gasteiger partial charge is 0.472 e. The molecule has 0 fully saturated rings. The van der Waals surface area contributed by atoms with Crippen LogP contribution in [0, 0.1) is 0 Å². The average molecular weight is 1480 g/mol. The zero-order valence-electron chi connectivity index (χ0n) is 65.4. The number of carbonyl (C=O) groups excluding carboxylic acids is 4. The number of allylic oxidation sites excluding steroid dienone is 4. The molecule has 0 radical (unpaired) electrons. The topological polar surface area (TPSA) is 237 Å². The number of phosphoric ester groups is 2. The van der Waals surface area contributed by atoms with E-state index in [1.807, 2.05) is 0 Å². The van der Waals surface area contributed by atoms with Crippen molar-refractivity contribution < 1.29 is 80.2 Å². The van der Waals surface area contributed by atoms with Crippen molar-refractivity contribution in [3.8, 4) is 0 Å². The van der Waals surface area contributed by atoms with E-state index in [9.17, 15) is 43.2 Å². The van der Waals surface area contributed by atoms with Crippen LogP contribution in [-0.4, -0.2) is 96.7 Å². The highest BCUT2D eigenvalue weighted by Gasteiger charge is 2.30. The van der Waals surface area contributed by atoms with E-state index in [1.54, 1.807) is 0 Å². The van der Waals surface area contributed by atoms with Gasteiger partial charge in [-0.2, -0.15) is 0 Å². The second-order valence-corrected chi connectivity index (χ2v) is 31.7. The molecule has 0 aromatic heterocycles. The average Bonchev–Trinajstić information content (AvgIpc) is 0.973. The van der Waals surface area contributed by atoms with Gasteiger partial charge in [-0.3, -0.25) is 37.3 Å². The molecule has 5 atom stereocenters. The minimum absolute atomic E-state index is 0.103. The first-order valence-corrected chi connectivity index (χ1v) is 45.1. The summed E-state index contributed by atoms with van der Waals surface area (Å²) in [7, 11) is -9.93. The lowest BCUT2D eigenvalue weighted by Crippen LogP contribution is -2.30. The molecular formula is C82H156O17P2. The summed E-state index contributed by atoms with van der Waals surface area (Å²) < 4.78 is 68.6. The number of hydrogen-bond donors (Lipinski definition) is 3. The summed E-state index contributed by atoms with van der Waals surface area (Å²) in [4.78, 5) is 73.0. The molecule has 19 heteroatoms. The Bertz CT molecular complexity index is 2010. The maximum Gasteiger partial charge on any atom is 0.472 e. The Hall–Kier alpha value is -2.46. The van der Waals surface area contributed by atoms with Crippen LogP contribution in [0.25, 0.3) is 0 Å². The van der Waals surface area contributed by atoms with Gasteiger partial charge in [0, 0.05) is 25.7 Å². The Labute approximate surface area is 618 Å². The number of carbonyl (C=O) groups is 4. The maximum atomic E-state index is 13.1. The van der Waals surface area contributed by atoms with Gasteiger partial charge in [0.25, 0.3) is 0 Å². The van der Waals surface area contributed by atoms with Crippen LogP contribution in [0.15, 0.2) is 24.3 Å². The summed E-state index contributed by atoms with van der Waals surface area (Å²) >= 11 is 0. The second-order valence-electron chi connectivity index (χ2n) is 28.8. The molecule has 0 saturated heterocycles. The molecule has 0 aliphatic heterocycles. The number of rotatable bonds is 81. The first kappa shape index (κ1) is 98.5. The van der Waals surface area contributed by atoms with Gasteiger partial charge in [0.05, 0.1) is 26.4 Å². The third-order valence-electron chi connectivity index (χ3n) is 18.7. The fourth-order valence-electron chi connectivity index (χ4n) is 12.3. The molecular weight excluding hydrogens is 1320 g/mol. The van der Waals surface area contributed by atoms with Gasteiger partial charge in [-0.1, -0.05) is 367 Å². The molecule has 0 aromatic rings. The highest BCUT2D eigenvalue weighted by molar-refractivity contribution is 7.47. The predicted molar refractivity (Wildman–Crippen MR) is 414 cm³/mol. The molecule has 0 amide bonds. The van der Waals surface area contributed by atoms with E-state index in [0.29, 0.717) is 25.7 Å². The highest BCUT2D eigenvalue weighted by atomic mass is 31.2. The summed E-state index contributed by atoms with van der Waals surface area (Å²) in [5.74, 6) is -2.14. The van der Waals surface area contributed by atoms with E-state index in [0.717, 1.165) is 109 Å². The van der Waals surface area contributed by atoms with Crippen LogP contribution in [0.1, 0.15) is 419 Å². The molecule has 101 heavy (non-hydrogen) atoms. The Kier molecular flexibility index (Phi) is 73.9. The zero-order valence-corrected chi connectivity index (χ0v) is 67.2. The number of ether oxygens (including phenoxy) is 4. The first-order chi connectivity index (χ1) is 49.2. The molecule has 0 rings (SSSR count). The van der Waals surface area contributed by atoms with Gasteiger partial charge >= 0.3 is 39.5 Å². The van der Waals surface area contributed by atoms with Crippen LogP contribution in [-0.2, 0) is 65.4 Å². The highest BCUT2D eigenvalue weighted by Crippen LogP contribution is 2.45. The zero-order chi connectivity index (χ0) is 73.9. The summed E-state index contributed by atoms with van der Waals surface area (Å²) in [5, 5.41) is 10.6. The quantitative estimate of drug-likeness (QED) is 0.0169. The van der Waals surface area contributed by atoms with Gasteiger partial charge in [-0.05, 0) is 51.4 Å². The lowest BCUT2D eigenvalue weighted by molar-refractivity contribution is -0.161. The van der Waals surface area contributed by atoms with E-state index in [4.69, 9.17) is 37.0 Å². The molecule has 0 aromatic carbocycles. The third kappa shape index (κ3) is 75.6. The third-order valence-corrected chi connectivity index (χ3v) is 20.6. The molecule has 0 heterocycles. The van der Waals surface area contributed by atoms with Gasteiger partial charge in [-0.25, -0.2) is 9.13 Å². The van der Waals surface area contributed by atoms with Crippen molar-refractivity contribution in [1.29, 1.82) is 0 Å². The van der Waals surface area contributed by atoms with E-state index in [-0.39, 0.29) is 25.7 Å². The number of unbranched alkanes of at least 4 members (excludes halogenated alkanes) is 52. The Morgan fingerprint density at radius 1 is 0.277 bits per heavy atom. The van der Waals surface area contributed by atoms with E-state index < -0.39 is 97.5 Å². The number of hydrogen-bond acceptors (Lipinski definition) is 15. The van der Waals surface area contributed by atoms with Gasteiger partial charge in [0.2, 0.25) is 0 Å². The fraction of sp³-hybridized carbons (Fsp3) is 0.902. The van der Waals surface area contributed by atoms with Crippen LogP contribution in [0.3, 0.4) is 0 Å². The van der Waals surface area contributed by atoms with Crippen LogP contribution >= 0.6 is 15.6 Å². The molecule has 17 nitrogen and oxygen atoms in total. The van der Waals surface area contributed by atoms with Crippen molar-refractivity contribution in [3.05, 3.63) is 24.3 Å². The Morgan fingerprint density at radius 2 is 0.475 bits per heavy atom. The monoisotopic (exact) mass is 1480 g/mol. The maximum absolute atomic E-state index is 13.1. The molecule has 0 spiro atoms. The smallest absolute Gasteiger partial charge is 0.462 e. The van der Waals surface area contributed by atoms with Gasteiger partial charge in [-0.15, -0.1) is 0 Å². The summed E-state index contributed by atoms with van der Waals surface area (Å²) in [6.45, 7) is 4.94. The molecule has 0 saturated carbocycles. The van der Waals surface area contributed by atoms with Crippen molar-refractivity contribution in [2.24, 2.45) is 0 Å². The second kappa shape index (κ2) is 75.8. The van der Waals surface area contributed by atoms with Gasteiger partial charge in [0.1, 0.15) is 19.3 Å². The van der Waals surface area contributed by atoms with E-state index in [2.05, 4.69) is 52.0 Å². The SMILES string of the molecule is CCCCCC/C=C\C=C/CCCCCCCC(=O)OC[C@H](COP(=O)(O)OC[C@@H](O)COP(=O)(O)OC[C@@H](COC(=O)CCCCCCCCCCC)OC(=O)CCCCCCCCCCCCCCCCC)OC(=O)CCCCCCCCCCCCCCCCCCCCCCCC. The van der Waals surface area contributed by atoms with E-state index in [1.165, 1.54) is 231 Å². The first-order valence-electron chi connectivity index (χ1n) is 42.1. The number of aliphatic hydroxyl groups excluding tert-OH is 1. The molecule has 0 bridgehead atoms. The molecule has 0 aliphatic carbocycles. The Balaban J connectivity index is 5.22. The van der Waals surface area contributed by atoms with Gasteiger partial charge < -0.3 is 33.8 Å². The van der Waals surface area contributed by atoms with Crippen molar-refractivity contribution in [2.45, 2.75) is 438 Å². The predicted octanol–water partition coefficient (Wildman–Crippen LogP) is 24.5. The molecule has 0 aliphatic rings. The number of aliphatic hydroxyl groups is 1. The lowest BCUT2D eigenvalue weighted by atomic mass is 10.0. The summed E-state index contributed by atoms with van der Waals surface area (Å²) in [5.41, 5.74) is 0.